The summed E-state index contributed by atoms with van der Waals surface area (Å²) in [5, 5.41) is 2.51. The fourth-order valence-corrected chi connectivity index (χ4v) is 0.837. The van der Waals surface area contributed by atoms with E-state index >= 15 is 0 Å². The molecule has 0 radical (unpaired) electrons. The Hall–Kier alpha value is -0.940. The molecule has 0 aliphatic carbocycles. The lowest BCUT2D eigenvalue weighted by atomic mass is 10.5. The van der Waals surface area contributed by atoms with Crippen molar-refractivity contribution >= 4 is 12.2 Å². The zero-order valence-corrected chi connectivity index (χ0v) is 9.66. The summed E-state index contributed by atoms with van der Waals surface area (Å²) in [6.45, 7) is 6.75. The van der Waals surface area contributed by atoms with E-state index in [4.69, 9.17) is 9.47 Å². The van der Waals surface area contributed by atoms with E-state index in [1.165, 1.54) is 6.21 Å². The van der Waals surface area contributed by atoms with Gasteiger partial charge in [0.05, 0.1) is 13.2 Å². The Labute approximate surface area is 90.9 Å². The van der Waals surface area contributed by atoms with Gasteiger partial charge in [-0.3, -0.25) is 5.32 Å². The zero-order chi connectivity index (χ0) is 11.5. The van der Waals surface area contributed by atoms with Crippen molar-refractivity contribution in [3.8, 4) is 0 Å². The molecule has 0 rings (SSSR count). The van der Waals surface area contributed by atoms with Crippen LogP contribution in [0.3, 0.4) is 0 Å². The minimum atomic E-state index is -0.693. The molecule has 0 fully saturated rings. The first-order valence-electron chi connectivity index (χ1n) is 5.26. The highest BCUT2D eigenvalue weighted by Crippen LogP contribution is 1.95. The van der Waals surface area contributed by atoms with E-state index in [2.05, 4.69) is 10.3 Å². The van der Waals surface area contributed by atoms with Crippen molar-refractivity contribution in [1.82, 2.24) is 5.32 Å². The van der Waals surface area contributed by atoms with Crippen molar-refractivity contribution in [1.29, 1.82) is 0 Å². The molecule has 15 heavy (non-hydrogen) atoms. The molecule has 0 heterocycles. The van der Waals surface area contributed by atoms with Crippen molar-refractivity contribution in [3.05, 3.63) is 0 Å². The second kappa shape index (κ2) is 9.61. The van der Waals surface area contributed by atoms with Crippen molar-refractivity contribution in [2.24, 2.45) is 4.99 Å². The van der Waals surface area contributed by atoms with Gasteiger partial charge in [0.2, 0.25) is 6.41 Å². The lowest BCUT2D eigenvalue weighted by Crippen LogP contribution is -2.38. The zero-order valence-electron chi connectivity index (χ0n) is 9.66. The number of nitrogens with zero attached hydrogens (tertiary/aromatic N) is 1. The highest BCUT2D eigenvalue weighted by molar-refractivity contribution is 5.82. The molecule has 5 heteroatoms. The lowest BCUT2D eigenvalue weighted by molar-refractivity contribution is -0.152. The van der Waals surface area contributed by atoms with E-state index in [9.17, 15) is 4.79 Å². The number of nitrogens with one attached hydrogen (secondary N) is 1. The summed E-state index contributed by atoms with van der Waals surface area (Å²) in [7, 11) is 0. The molecule has 0 atom stereocenters. The second-order valence-corrected chi connectivity index (χ2v) is 2.91. The third-order valence-corrected chi connectivity index (χ3v) is 1.43. The summed E-state index contributed by atoms with van der Waals surface area (Å²) in [5.74, 6) is 0. The first-order valence-corrected chi connectivity index (χ1v) is 5.26. The molecule has 0 saturated carbocycles. The van der Waals surface area contributed by atoms with E-state index in [0.717, 1.165) is 12.8 Å². The lowest BCUT2D eigenvalue weighted by Gasteiger charge is -2.17. The van der Waals surface area contributed by atoms with Gasteiger partial charge in [0.15, 0.2) is 0 Å². The molecule has 0 unspecified atom stereocenters. The summed E-state index contributed by atoms with van der Waals surface area (Å²) in [6.07, 6.45) is 2.48. The van der Waals surface area contributed by atoms with E-state index < -0.39 is 12.4 Å². The Morgan fingerprint density at radius 2 is 1.87 bits per heavy atom. The van der Waals surface area contributed by atoms with Crippen LogP contribution in [0.2, 0.25) is 0 Å². The van der Waals surface area contributed by atoms with E-state index in [1.54, 1.807) is 6.92 Å². The molecule has 88 valence electrons. The summed E-state index contributed by atoms with van der Waals surface area (Å²) in [6, 6.07) is -0.449. The van der Waals surface area contributed by atoms with Gasteiger partial charge in [-0.05, 0) is 19.8 Å². The molecule has 0 saturated heterocycles. The molecule has 0 aromatic heterocycles. The highest BCUT2D eigenvalue weighted by Gasteiger charge is 2.10. The highest BCUT2D eigenvalue weighted by atomic mass is 16.7. The molecule has 1 N–H and O–H groups in total. The standard InChI is InChI=1S/C10H20N2O3/c1-4-7-14-10(15-8-5-2)12-9(13)11-6-3/h6,10H,4-5,7-8H2,1-3H3,(H,12,13). The first-order chi connectivity index (χ1) is 7.24. The number of rotatable bonds is 7. The molecule has 5 nitrogen and oxygen atoms in total. The normalized spacial score (nSPS) is 11.2. The molecule has 0 aromatic rings. The van der Waals surface area contributed by atoms with Gasteiger partial charge in [0, 0.05) is 6.21 Å². The number of amides is 2. The van der Waals surface area contributed by atoms with Crippen molar-refractivity contribution < 1.29 is 14.3 Å². The van der Waals surface area contributed by atoms with Crippen molar-refractivity contribution in [2.45, 2.75) is 40.0 Å². The number of hydrogen-bond donors (Lipinski definition) is 1. The van der Waals surface area contributed by atoms with Crippen LogP contribution in [-0.2, 0) is 9.47 Å². The van der Waals surface area contributed by atoms with Crippen LogP contribution in [-0.4, -0.2) is 31.9 Å². The minimum absolute atomic E-state index is 0.449. The van der Waals surface area contributed by atoms with E-state index in [-0.39, 0.29) is 0 Å². The average Bonchev–Trinajstić information content (AvgIpc) is 2.22. The Bertz CT molecular complexity index is 187. The molecule has 2 amide bonds. The number of ether oxygens (including phenoxy) is 2. The topological polar surface area (TPSA) is 59.9 Å². The van der Waals surface area contributed by atoms with Crippen LogP contribution >= 0.6 is 0 Å². The predicted octanol–water partition coefficient (Wildman–Crippen LogP) is 1.92. The van der Waals surface area contributed by atoms with Gasteiger partial charge in [-0.1, -0.05) is 13.8 Å². The summed E-state index contributed by atoms with van der Waals surface area (Å²) in [4.78, 5) is 14.7. The first kappa shape index (κ1) is 14.1. The molecule has 0 bridgehead atoms. The van der Waals surface area contributed by atoms with E-state index in [1.807, 2.05) is 13.8 Å². The van der Waals surface area contributed by atoms with Crippen molar-refractivity contribution in [3.63, 3.8) is 0 Å². The Morgan fingerprint density at radius 3 is 2.27 bits per heavy atom. The van der Waals surface area contributed by atoms with Crippen LogP contribution in [0, 0.1) is 0 Å². The largest absolute Gasteiger partial charge is 0.344 e. The van der Waals surface area contributed by atoms with Crippen LogP contribution in [0.4, 0.5) is 4.79 Å². The van der Waals surface area contributed by atoms with Gasteiger partial charge in [0.1, 0.15) is 0 Å². The second-order valence-electron chi connectivity index (χ2n) is 2.91. The summed E-state index contributed by atoms with van der Waals surface area (Å²) in [5.41, 5.74) is 0. The molecular weight excluding hydrogens is 196 g/mol. The molecule has 0 aliphatic heterocycles. The maximum absolute atomic E-state index is 11.1. The van der Waals surface area contributed by atoms with Gasteiger partial charge >= 0.3 is 6.03 Å². The average molecular weight is 216 g/mol. The van der Waals surface area contributed by atoms with Gasteiger partial charge < -0.3 is 9.47 Å². The van der Waals surface area contributed by atoms with Crippen molar-refractivity contribution in [2.75, 3.05) is 13.2 Å². The Balaban J connectivity index is 3.92. The Kier molecular flexibility index (Phi) is 9.01. The van der Waals surface area contributed by atoms with Crippen LogP contribution < -0.4 is 5.32 Å². The minimum Gasteiger partial charge on any atom is -0.335 e. The van der Waals surface area contributed by atoms with Gasteiger partial charge in [0.25, 0.3) is 0 Å². The monoisotopic (exact) mass is 216 g/mol. The van der Waals surface area contributed by atoms with E-state index in [0.29, 0.717) is 13.2 Å². The smallest absolute Gasteiger partial charge is 0.335 e. The third kappa shape index (κ3) is 8.08. The summed E-state index contributed by atoms with van der Waals surface area (Å²) >= 11 is 0. The number of hydrogen-bond acceptors (Lipinski definition) is 3. The number of urea groups is 1. The predicted molar refractivity (Wildman–Crippen MR) is 59.0 cm³/mol. The maximum atomic E-state index is 11.1. The van der Waals surface area contributed by atoms with Gasteiger partial charge in [-0.15, -0.1) is 0 Å². The molecular formula is C10H20N2O3. The fourth-order valence-electron chi connectivity index (χ4n) is 0.837. The molecule has 0 aromatic carbocycles. The van der Waals surface area contributed by atoms with Crippen LogP contribution in [0.5, 0.6) is 0 Å². The van der Waals surface area contributed by atoms with Crippen LogP contribution in [0.15, 0.2) is 4.99 Å². The third-order valence-electron chi connectivity index (χ3n) is 1.43. The SMILES string of the molecule is CC=NC(=O)NC(OCCC)OCCC. The number of carbonyl (C=O) groups excluding carboxylic acids is 1. The van der Waals surface area contributed by atoms with Gasteiger partial charge in [-0.2, -0.15) is 0 Å². The number of aliphatic imine (C=N–C) groups is 1. The van der Waals surface area contributed by atoms with Crippen LogP contribution in [0.1, 0.15) is 33.6 Å². The molecule has 0 aliphatic rings. The maximum Gasteiger partial charge on any atom is 0.344 e. The number of carbonyl (C=O) groups is 1. The van der Waals surface area contributed by atoms with Crippen LogP contribution in [0.25, 0.3) is 0 Å². The fraction of sp³-hybridized carbons (Fsp3) is 0.800. The summed E-state index contributed by atoms with van der Waals surface area (Å²) < 4.78 is 10.6. The molecule has 0 spiro atoms. The Morgan fingerprint density at radius 1 is 1.33 bits per heavy atom. The van der Waals surface area contributed by atoms with Gasteiger partial charge in [-0.25, -0.2) is 9.79 Å². The quantitative estimate of drug-likeness (QED) is 0.522.